The summed E-state index contributed by atoms with van der Waals surface area (Å²) in [5, 5.41) is 9.56. The fourth-order valence-electron chi connectivity index (χ4n) is 3.47. The van der Waals surface area contributed by atoms with Crippen LogP contribution >= 0.6 is 0 Å². The minimum Gasteiger partial charge on any atom is -0.462 e. The molecule has 4 heteroatoms. The van der Waals surface area contributed by atoms with E-state index in [1.54, 1.807) is 17.0 Å². The van der Waals surface area contributed by atoms with Crippen LogP contribution in [0, 0.1) is 0 Å². The molecule has 114 valence electrons. The second-order valence-corrected chi connectivity index (χ2v) is 5.97. The molecule has 0 aliphatic carbocycles. The Hall–Kier alpha value is -1.39. The lowest BCUT2D eigenvalue weighted by molar-refractivity contribution is -0.155. The quantitative estimate of drug-likeness (QED) is 0.862. The molecule has 0 spiro atoms. The third-order valence-electron chi connectivity index (χ3n) is 4.64. The third kappa shape index (κ3) is 2.97. The van der Waals surface area contributed by atoms with Crippen molar-refractivity contribution < 1.29 is 18.8 Å². The number of piperidine rings is 1. The summed E-state index contributed by atoms with van der Waals surface area (Å²) in [4.78, 5) is 14.1. The van der Waals surface area contributed by atoms with Gasteiger partial charge in [0.05, 0.1) is 6.61 Å². The molecule has 0 saturated carbocycles. The molecule has 2 fully saturated rings. The first-order chi connectivity index (χ1) is 11.4. The predicted octanol–water partition coefficient (Wildman–Crippen LogP) is 1.93. The maximum atomic E-state index is 12.4. The Balaban J connectivity index is 1.64. The van der Waals surface area contributed by atoms with Gasteiger partial charge >= 0.3 is 5.97 Å². The second-order valence-electron chi connectivity index (χ2n) is 5.97. The van der Waals surface area contributed by atoms with Crippen LogP contribution in [0.4, 0.5) is 0 Å². The van der Waals surface area contributed by atoms with Gasteiger partial charge in [-0.3, -0.25) is 4.79 Å². The van der Waals surface area contributed by atoms with E-state index in [0.717, 1.165) is 18.4 Å². The highest BCUT2D eigenvalue weighted by Crippen LogP contribution is 2.36. The van der Waals surface area contributed by atoms with Crippen molar-refractivity contribution in [2.45, 2.75) is 49.8 Å². The fraction of sp³-hybridized carbons (Fsp3) is 0.588. The van der Waals surface area contributed by atoms with Crippen LogP contribution in [0.25, 0.3) is 0 Å². The van der Waals surface area contributed by atoms with Gasteiger partial charge in [-0.25, -0.2) is 0 Å². The van der Waals surface area contributed by atoms with Gasteiger partial charge in [-0.2, -0.15) is 0 Å². The minimum absolute atomic E-state index is 0.0571. The molecule has 2 aliphatic rings. The van der Waals surface area contributed by atoms with E-state index in [2.05, 4.69) is 0 Å². The Bertz CT molecular complexity index is 564. The van der Waals surface area contributed by atoms with Gasteiger partial charge in [0.1, 0.15) is 12.0 Å². The SMILES string of the molecule is [2H]C([2H])([2H])N1C2CCC1CC(OC(=O)C(CO)c1ccccc1)C2. The molecule has 21 heavy (non-hydrogen) atoms. The number of esters is 1. The summed E-state index contributed by atoms with van der Waals surface area (Å²) >= 11 is 0. The number of hydrogen-bond acceptors (Lipinski definition) is 4. The van der Waals surface area contributed by atoms with E-state index >= 15 is 0 Å². The molecule has 4 nitrogen and oxygen atoms in total. The van der Waals surface area contributed by atoms with Gasteiger partial charge in [0.2, 0.25) is 0 Å². The zero-order chi connectivity index (χ0) is 17.3. The number of carbonyl (C=O) groups is 1. The number of ether oxygens (including phenoxy) is 1. The number of carbonyl (C=O) groups excluding carboxylic acids is 1. The minimum atomic E-state index is -2.08. The highest BCUT2D eigenvalue weighted by Gasteiger charge is 2.40. The average molecular weight is 292 g/mol. The molecule has 1 N–H and O–H groups in total. The lowest BCUT2D eigenvalue weighted by Gasteiger charge is -2.36. The average Bonchev–Trinajstić information content (AvgIpc) is 2.82. The van der Waals surface area contributed by atoms with Crippen molar-refractivity contribution in [1.82, 2.24) is 4.90 Å². The maximum Gasteiger partial charge on any atom is 0.316 e. The molecule has 3 unspecified atom stereocenters. The van der Waals surface area contributed by atoms with Gasteiger partial charge in [-0.1, -0.05) is 30.3 Å². The molecule has 0 amide bonds. The van der Waals surface area contributed by atoms with E-state index < -0.39 is 18.9 Å². The highest BCUT2D eigenvalue weighted by atomic mass is 16.5. The van der Waals surface area contributed by atoms with Crippen molar-refractivity contribution in [3.63, 3.8) is 0 Å². The Morgan fingerprint density at radius 2 is 2.05 bits per heavy atom. The summed E-state index contributed by atoms with van der Waals surface area (Å²) in [5.74, 6) is -1.13. The van der Waals surface area contributed by atoms with Crippen LogP contribution in [0.15, 0.2) is 30.3 Å². The van der Waals surface area contributed by atoms with Gasteiger partial charge in [0, 0.05) is 16.2 Å². The first-order valence-electron chi connectivity index (χ1n) is 9.05. The third-order valence-corrected chi connectivity index (χ3v) is 4.64. The van der Waals surface area contributed by atoms with Crippen LogP contribution in [0.1, 0.15) is 41.3 Å². The smallest absolute Gasteiger partial charge is 0.316 e. The van der Waals surface area contributed by atoms with Gasteiger partial charge in [0.15, 0.2) is 0 Å². The zero-order valence-electron chi connectivity index (χ0n) is 14.9. The Kier molecular flexibility index (Phi) is 3.29. The molecule has 2 heterocycles. The fourth-order valence-corrected chi connectivity index (χ4v) is 3.47. The number of hydrogen-bond donors (Lipinski definition) is 1. The lowest BCUT2D eigenvalue weighted by Crippen LogP contribution is -2.43. The standard InChI is InChI=1S/C17H23NO3/c1-18-13-7-8-14(18)10-15(9-13)21-17(20)16(11-19)12-5-3-2-4-6-12/h2-6,13-16,19H,7-11H2,1H3/i1D3. The maximum absolute atomic E-state index is 12.4. The van der Waals surface area contributed by atoms with Crippen molar-refractivity contribution in [2.75, 3.05) is 13.6 Å². The molecule has 3 atom stereocenters. The van der Waals surface area contributed by atoms with Crippen LogP contribution in [0.3, 0.4) is 0 Å². The van der Waals surface area contributed by atoms with Gasteiger partial charge in [0.25, 0.3) is 0 Å². The van der Waals surface area contributed by atoms with E-state index in [1.165, 1.54) is 0 Å². The molecule has 2 saturated heterocycles. The van der Waals surface area contributed by atoms with Crippen molar-refractivity contribution in [3.05, 3.63) is 35.9 Å². The van der Waals surface area contributed by atoms with Gasteiger partial charge < -0.3 is 14.7 Å². The molecule has 0 aromatic heterocycles. The molecule has 1 aromatic carbocycles. The first kappa shape index (κ1) is 11.2. The Morgan fingerprint density at radius 1 is 1.38 bits per heavy atom. The number of nitrogens with zero attached hydrogens (tertiary/aromatic N) is 1. The lowest BCUT2D eigenvalue weighted by atomic mass is 9.98. The van der Waals surface area contributed by atoms with E-state index in [-0.39, 0.29) is 24.8 Å². The van der Waals surface area contributed by atoms with Crippen LogP contribution in [0.2, 0.25) is 0 Å². The molecule has 1 aromatic rings. The highest BCUT2D eigenvalue weighted by molar-refractivity contribution is 5.78. The summed E-state index contributed by atoms with van der Waals surface area (Å²) in [6.45, 7) is -2.39. The van der Waals surface area contributed by atoms with Crippen LogP contribution < -0.4 is 0 Å². The van der Waals surface area contributed by atoms with Crippen LogP contribution in [0.5, 0.6) is 0 Å². The largest absolute Gasteiger partial charge is 0.462 e. The summed E-state index contributed by atoms with van der Waals surface area (Å²) in [6, 6.07) is 8.97. The summed E-state index contributed by atoms with van der Waals surface area (Å²) in [7, 11) is 0. The normalized spacial score (nSPS) is 32.8. The molecule has 2 bridgehead atoms. The summed E-state index contributed by atoms with van der Waals surface area (Å²) in [6.07, 6.45) is 2.49. The molecular weight excluding hydrogens is 266 g/mol. The Morgan fingerprint density at radius 3 is 2.62 bits per heavy atom. The number of benzene rings is 1. The zero-order valence-corrected chi connectivity index (χ0v) is 11.9. The van der Waals surface area contributed by atoms with Crippen molar-refractivity contribution in [1.29, 1.82) is 0 Å². The molecule has 2 aliphatic heterocycles. The van der Waals surface area contributed by atoms with E-state index in [4.69, 9.17) is 8.85 Å². The first-order valence-corrected chi connectivity index (χ1v) is 7.55. The molecule has 0 radical (unpaired) electrons. The van der Waals surface area contributed by atoms with Gasteiger partial charge in [-0.15, -0.1) is 0 Å². The van der Waals surface area contributed by atoms with E-state index in [1.807, 2.05) is 18.2 Å². The molecule has 3 rings (SSSR count). The van der Waals surface area contributed by atoms with Crippen molar-refractivity contribution in [2.24, 2.45) is 0 Å². The monoisotopic (exact) mass is 292 g/mol. The predicted molar refractivity (Wildman–Crippen MR) is 80.0 cm³/mol. The van der Waals surface area contributed by atoms with Crippen molar-refractivity contribution in [3.8, 4) is 0 Å². The summed E-state index contributed by atoms with van der Waals surface area (Å²) in [5.41, 5.74) is 0.730. The van der Waals surface area contributed by atoms with Crippen LogP contribution in [-0.2, 0) is 9.53 Å². The summed E-state index contributed by atoms with van der Waals surface area (Å²) < 4.78 is 28.6. The van der Waals surface area contributed by atoms with Crippen LogP contribution in [-0.4, -0.2) is 47.7 Å². The number of rotatable bonds is 4. The van der Waals surface area contributed by atoms with Gasteiger partial charge in [-0.05, 0) is 38.2 Å². The number of fused-ring (bicyclic) bond motifs is 2. The second kappa shape index (κ2) is 6.16. The van der Waals surface area contributed by atoms with Crippen molar-refractivity contribution >= 4 is 5.97 Å². The Labute approximate surface area is 129 Å². The van der Waals surface area contributed by atoms with E-state index in [9.17, 15) is 9.90 Å². The molecular formula is C17H23NO3. The number of aliphatic hydroxyl groups is 1. The number of aliphatic hydroxyl groups excluding tert-OH is 1. The van der Waals surface area contributed by atoms with E-state index in [0.29, 0.717) is 12.8 Å². The topological polar surface area (TPSA) is 49.8 Å².